The van der Waals surface area contributed by atoms with Gasteiger partial charge in [0.25, 0.3) is 5.91 Å². The Bertz CT molecular complexity index is 548. The Hall–Kier alpha value is -1.59. The topological polar surface area (TPSA) is 75.4 Å². The standard InChI is InChI=1S/C17H25N3O2.ClH/c1-20(2)17(22)13-7-5-8-14(10-13)19-16(21)11-12-6-3-4-9-15(12)18;/h5,7-8,10,12,15H,3-4,6,9,11,18H2,1-2H3,(H,19,21);1H. The number of halogens is 1. The number of carbonyl (C=O) groups is 2. The maximum absolute atomic E-state index is 12.2. The van der Waals surface area contributed by atoms with Crippen molar-refractivity contribution in [2.24, 2.45) is 11.7 Å². The van der Waals surface area contributed by atoms with E-state index in [-0.39, 0.29) is 36.2 Å². The number of nitrogens with one attached hydrogen (secondary N) is 1. The first-order valence-electron chi connectivity index (χ1n) is 7.84. The monoisotopic (exact) mass is 339 g/mol. The van der Waals surface area contributed by atoms with Crippen molar-refractivity contribution in [3.05, 3.63) is 29.8 Å². The van der Waals surface area contributed by atoms with E-state index in [4.69, 9.17) is 5.73 Å². The number of amides is 2. The second kappa shape index (κ2) is 8.89. The molecule has 1 fully saturated rings. The minimum atomic E-state index is -0.0783. The number of hydrogen-bond acceptors (Lipinski definition) is 3. The van der Waals surface area contributed by atoms with Gasteiger partial charge in [-0.05, 0) is 37.0 Å². The third kappa shape index (κ3) is 5.52. The van der Waals surface area contributed by atoms with Gasteiger partial charge >= 0.3 is 0 Å². The van der Waals surface area contributed by atoms with E-state index in [0.717, 1.165) is 25.7 Å². The van der Waals surface area contributed by atoms with Gasteiger partial charge in [-0.25, -0.2) is 0 Å². The summed E-state index contributed by atoms with van der Waals surface area (Å²) in [6.45, 7) is 0. The van der Waals surface area contributed by atoms with Gasteiger partial charge in [-0.15, -0.1) is 12.4 Å². The van der Waals surface area contributed by atoms with E-state index in [9.17, 15) is 9.59 Å². The second-order valence-corrected chi connectivity index (χ2v) is 6.24. The van der Waals surface area contributed by atoms with Crippen LogP contribution in [0.2, 0.25) is 0 Å². The summed E-state index contributed by atoms with van der Waals surface area (Å²) in [5.74, 6) is 0.155. The Balaban J connectivity index is 0.00000264. The van der Waals surface area contributed by atoms with E-state index in [2.05, 4.69) is 5.32 Å². The lowest BCUT2D eigenvalue weighted by Crippen LogP contribution is -2.35. The predicted molar refractivity (Wildman–Crippen MR) is 94.9 cm³/mol. The Morgan fingerprint density at radius 1 is 1.26 bits per heavy atom. The van der Waals surface area contributed by atoms with Crippen molar-refractivity contribution in [2.75, 3.05) is 19.4 Å². The maximum Gasteiger partial charge on any atom is 0.253 e. The molecular formula is C17H26ClN3O2. The van der Waals surface area contributed by atoms with Crippen LogP contribution in [0, 0.1) is 5.92 Å². The minimum Gasteiger partial charge on any atom is -0.345 e. The molecule has 2 unspecified atom stereocenters. The fourth-order valence-corrected chi connectivity index (χ4v) is 2.93. The molecule has 0 bridgehead atoms. The average molecular weight is 340 g/mol. The highest BCUT2D eigenvalue weighted by atomic mass is 35.5. The van der Waals surface area contributed by atoms with Crippen LogP contribution in [0.3, 0.4) is 0 Å². The lowest BCUT2D eigenvalue weighted by atomic mass is 9.83. The summed E-state index contributed by atoms with van der Waals surface area (Å²) >= 11 is 0. The smallest absolute Gasteiger partial charge is 0.253 e. The largest absolute Gasteiger partial charge is 0.345 e. The molecule has 0 aromatic heterocycles. The fraction of sp³-hybridized carbons (Fsp3) is 0.529. The Kier molecular flexibility index (Phi) is 7.52. The van der Waals surface area contributed by atoms with Crippen LogP contribution < -0.4 is 11.1 Å². The zero-order valence-electron chi connectivity index (χ0n) is 13.7. The molecule has 0 saturated heterocycles. The molecule has 3 N–H and O–H groups in total. The predicted octanol–water partition coefficient (Wildman–Crippen LogP) is 2.66. The number of carbonyl (C=O) groups excluding carboxylic acids is 2. The molecule has 1 aromatic carbocycles. The first-order chi connectivity index (χ1) is 10.5. The highest BCUT2D eigenvalue weighted by Gasteiger charge is 2.24. The second-order valence-electron chi connectivity index (χ2n) is 6.24. The quantitative estimate of drug-likeness (QED) is 0.885. The number of anilines is 1. The lowest BCUT2D eigenvalue weighted by molar-refractivity contribution is -0.117. The zero-order valence-corrected chi connectivity index (χ0v) is 14.6. The van der Waals surface area contributed by atoms with E-state index in [1.807, 2.05) is 0 Å². The third-order valence-electron chi connectivity index (χ3n) is 4.21. The van der Waals surface area contributed by atoms with Crippen LogP contribution in [0.15, 0.2) is 24.3 Å². The number of rotatable bonds is 4. The maximum atomic E-state index is 12.2. The molecule has 0 spiro atoms. The minimum absolute atomic E-state index is 0. The van der Waals surface area contributed by atoms with Crippen LogP contribution in [-0.4, -0.2) is 36.9 Å². The molecule has 0 aliphatic heterocycles. The van der Waals surface area contributed by atoms with Crippen molar-refractivity contribution < 1.29 is 9.59 Å². The first-order valence-corrected chi connectivity index (χ1v) is 7.84. The summed E-state index contributed by atoms with van der Waals surface area (Å²) in [7, 11) is 3.41. The Morgan fingerprint density at radius 2 is 1.96 bits per heavy atom. The van der Waals surface area contributed by atoms with Crippen molar-refractivity contribution in [3.8, 4) is 0 Å². The molecule has 1 aliphatic rings. The Morgan fingerprint density at radius 3 is 2.61 bits per heavy atom. The van der Waals surface area contributed by atoms with Gasteiger partial charge in [0, 0.05) is 37.8 Å². The van der Waals surface area contributed by atoms with Crippen molar-refractivity contribution in [3.63, 3.8) is 0 Å². The van der Waals surface area contributed by atoms with Gasteiger partial charge in [0.1, 0.15) is 0 Å². The number of nitrogens with zero attached hydrogens (tertiary/aromatic N) is 1. The lowest BCUT2D eigenvalue weighted by Gasteiger charge is -2.27. The number of nitrogens with two attached hydrogens (primary N) is 1. The van der Waals surface area contributed by atoms with Gasteiger partial charge in [-0.1, -0.05) is 18.9 Å². The molecule has 1 saturated carbocycles. The van der Waals surface area contributed by atoms with Gasteiger partial charge < -0.3 is 16.0 Å². The summed E-state index contributed by atoms with van der Waals surface area (Å²) in [5.41, 5.74) is 7.31. The molecule has 6 heteroatoms. The zero-order chi connectivity index (χ0) is 16.1. The third-order valence-corrected chi connectivity index (χ3v) is 4.21. The van der Waals surface area contributed by atoms with E-state index in [0.29, 0.717) is 17.7 Å². The van der Waals surface area contributed by atoms with Crippen LogP contribution in [0.25, 0.3) is 0 Å². The molecule has 2 atom stereocenters. The summed E-state index contributed by atoms with van der Waals surface area (Å²) in [4.78, 5) is 25.6. The van der Waals surface area contributed by atoms with Crippen molar-refractivity contribution >= 4 is 29.9 Å². The molecule has 23 heavy (non-hydrogen) atoms. The van der Waals surface area contributed by atoms with Gasteiger partial charge in [0.05, 0.1) is 0 Å². The molecule has 1 aliphatic carbocycles. The van der Waals surface area contributed by atoms with Gasteiger partial charge in [-0.2, -0.15) is 0 Å². The number of hydrogen-bond donors (Lipinski definition) is 2. The normalized spacial score (nSPS) is 20.3. The Labute approximate surface area is 144 Å². The van der Waals surface area contributed by atoms with Crippen LogP contribution >= 0.6 is 12.4 Å². The molecule has 128 valence electrons. The summed E-state index contributed by atoms with van der Waals surface area (Å²) in [6.07, 6.45) is 4.79. The molecule has 0 radical (unpaired) electrons. The molecule has 0 heterocycles. The summed E-state index contributed by atoms with van der Waals surface area (Å²) in [5, 5.41) is 2.88. The summed E-state index contributed by atoms with van der Waals surface area (Å²) in [6, 6.07) is 7.15. The van der Waals surface area contributed by atoms with Crippen molar-refractivity contribution in [1.29, 1.82) is 0 Å². The van der Waals surface area contributed by atoms with Crippen LogP contribution in [0.4, 0.5) is 5.69 Å². The van der Waals surface area contributed by atoms with Gasteiger partial charge in [0.2, 0.25) is 5.91 Å². The van der Waals surface area contributed by atoms with Crippen LogP contribution in [-0.2, 0) is 4.79 Å². The first kappa shape index (κ1) is 19.5. The van der Waals surface area contributed by atoms with E-state index in [1.165, 1.54) is 4.90 Å². The van der Waals surface area contributed by atoms with Crippen molar-refractivity contribution in [2.45, 2.75) is 38.1 Å². The van der Waals surface area contributed by atoms with E-state index < -0.39 is 0 Å². The van der Waals surface area contributed by atoms with Crippen molar-refractivity contribution in [1.82, 2.24) is 4.90 Å². The van der Waals surface area contributed by atoms with Crippen LogP contribution in [0.5, 0.6) is 0 Å². The molecule has 1 aromatic rings. The highest BCUT2D eigenvalue weighted by Crippen LogP contribution is 2.26. The van der Waals surface area contributed by atoms with E-state index in [1.54, 1.807) is 38.4 Å². The average Bonchev–Trinajstić information content (AvgIpc) is 2.49. The molecule has 5 nitrogen and oxygen atoms in total. The highest BCUT2D eigenvalue weighted by molar-refractivity contribution is 5.97. The molecular weight excluding hydrogens is 314 g/mol. The number of benzene rings is 1. The molecule has 2 amide bonds. The van der Waals surface area contributed by atoms with Gasteiger partial charge in [-0.3, -0.25) is 9.59 Å². The SMILES string of the molecule is CN(C)C(=O)c1cccc(NC(=O)CC2CCCCC2N)c1.Cl. The molecule has 2 rings (SSSR count). The van der Waals surface area contributed by atoms with Crippen LogP contribution in [0.1, 0.15) is 42.5 Å². The fourth-order valence-electron chi connectivity index (χ4n) is 2.93. The van der Waals surface area contributed by atoms with Gasteiger partial charge in [0.15, 0.2) is 0 Å². The van der Waals surface area contributed by atoms with E-state index >= 15 is 0 Å². The summed E-state index contributed by atoms with van der Waals surface area (Å²) < 4.78 is 0.